The summed E-state index contributed by atoms with van der Waals surface area (Å²) in [5.74, 6) is 0. The van der Waals surface area contributed by atoms with Crippen LogP contribution < -0.4 is 10.6 Å². The van der Waals surface area contributed by atoms with E-state index in [1.165, 1.54) is 42.5 Å². The average molecular weight is 232 g/mol. The molecule has 0 fully saturated rings. The van der Waals surface area contributed by atoms with E-state index in [4.69, 9.17) is 0 Å². The quantitative estimate of drug-likeness (QED) is 0.786. The van der Waals surface area contributed by atoms with Crippen molar-refractivity contribution in [1.29, 1.82) is 0 Å². The number of hydrogen-bond acceptors (Lipinski definition) is 2. The Morgan fingerprint density at radius 1 is 1.41 bits per heavy atom. The maximum atomic E-state index is 3.60. The second-order valence-electron chi connectivity index (χ2n) is 5.09. The largest absolute Gasteiger partial charge is 0.384 e. The van der Waals surface area contributed by atoms with E-state index in [1.807, 2.05) is 0 Å². The van der Waals surface area contributed by atoms with Gasteiger partial charge in [0.2, 0.25) is 0 Å². The van der Waals surface area contributed by atoms with Crippen LogP contribution in [0.5, 0.6) is 0 Å². The molecule has 2 N–H and O–H groups in total. The molecule has 1 aliphatic heterocycles. The Labute approximate surface area is 105 Å². The summed E-state index contributed by atoms with van der Waals surface area (Å²) < 4.78 is 0. The van der Waals surface area contributed by atoms with Gasteiger partial charge in [0.15, 0.2) is 0 Å². The molecule has 2 rings (SSSR count). The number of hydrogen-bond donors (Lipinski definition) is 2. The molecule has 0 aliphatic carbocycles. The Kier molecular flexibility index (Phi) is 4.43. The third kappa shape index (κ3) is 3.47. The van der Waals surface area contributed by atoms with Gasteiger partial charge in [0.05, 0.1) is 0 Å². The van der Waals surface area contributed by atoms with Crippen LogP contribution in [0.2, 0.25) is 0 Å². The molecule has 1 heterocycles. The molecule has 0 radical (unpaired) electrons. The SMILES string of the molecule is CCCCC(C)NCc1ccc2c(c1)CCN2. The van der Waals surface area contributed by atoms with Gasteiger partial charge in [-0.2, -0.15) is 0 Å². The second-order valence-corrected chi connectivity index (χ2v) is 5.09. The molecule has 2 nitrogen and oxygen atoms in total. The number of anilines is 1. The smallest absolute Gasteiger partial charge is 0.0373 e. The van der Waals surface area contributed by atoms with Gasteiger partial charge in [0.25, 0.3) is 0 Å². The molecule has 2 heteroatoms. The lowest BCUT2D eigenvalue weighted by Gasteiger charge is -2.13. The number of rotatable bonds is 6. The van der Waals surface area contributed by atoms with E-state index in [-0.39, 0.29) is 0 Å². The second kappa shape index (κ2) is 6.06. The van der Waals surface area contributed by atoms with Crippen molar-refractivity contribution in [3.8, 4) is 0 Å². The van der Waals surface area contributed by atoms with Gasteiger partial charge in [0, 0.05) is 24.8 Å². The van der Waals surface area contributed by atoms with E-state index < -0.39 is 0 Å². The van der Waals surface area contributed by atoms with Crippen molar-refractivity contribution in [2.75, 3.05) is 11.9 Å². The molecule has 0 saturated carbocycles. The van der Waals surface area contributed by atoms with Crippen molar-refractivity contribution in [2.24, 2.45) is 0 Å². The van der Waals surface area contributed by atoms with Crippen molar-refractivity contribution < 1.29 is 0 Å². The van der Waals surface area contributed by atoms with Crippen molar-refractivity contribution in [1.82, 2.24) is 5.32 Å². The summed E-state index contributed by atoms with van der Waals surface area (Å²) >= 11 is 0. The minimum atomic E-state index is 0.626. The lowest BCUT2D eigenvalue weighted by atomic mass is 10.1. The van der Waals surface area contributed by atoms with Crippen molar-refractivity contribution in [3.63, 3.8) is 0 Å². The van der Waals surface area contributed by atoms with Gasteiger partial charge in [-0.05, 0) is 37.0 Å². The van der Waals surface area contributed by atoms with Gasteiger partial charge in [-0.1, -0.05) is 31.9 Å². The molecule has 1 atom stereocenters. The standard InChI is InChI=1S/C15H24N2/c1-3-4-5-12(2)17-11-13-6-7-15-14(10-13)8-9-16-15/h6-7,10,12,16-17H,3-5,8-9,11H2,1-2H3. The van der Waals surface area contributed by atoms with E-state index in [0.29, 0.717) is 6.04 Å². The molecule has 17 heavy (non-hydrogen) atoms. The average Bonchev–Trinajstić information content (AvgIpc) is 2.81. The van der Waals surface area contributed by atoms with Crippen LogP contribution in [0.15, 0.2) is 18.2 Å². The summed E-state index contributed by atoms with van der Waals surface area (Å²) in [5.41, 5.74) is 4.22. The summed E-state index contributed by atoms with van der Waals surface area (Å²) in [6.07, 6.45) is 5.07. The van der Waals surface area contributed by atoms with Crippen LogP contribution in [-0.4, -0.2) is 12.6 Å². The number of nitrogens with one attached hydrogen (secondary N) is 2. The highest BCUT2D eigenvalue weighted by atomic mass is 14.9. The Morgan fingerprint density at radius 2 is 2.29 bits per heavy atom. The maximum Gasteiger partial charge on any atom is 0.0373 e. The van der Waals surface area contributed by atoms with Crippen LogP contribution in [-0.2, 0) is 13.0 Å². The summed E-state index contributed by atoms with van der Waals surface area (Å²) in [6, 6.07) is 7.42. The Bertz CT molecular complexity index is 360. The fourth-order valence-electron chi connectivity index (χ4n) is 2.37. The molecule has 1 aromatic rings. The first-order valence-electron chi connectivity index (χ1n) is 6.88. The lowest BCUT2D eigenvalue weighted by Crippen LogP contribution is -2.25. The minimum Gasteiger partial charge on any atom is -0.384 e. The first kappa shape index (κ1) is 12.4. The Hall–Kier alpha value is -1.02. The minimum absolute atomic E-state index is 0.626. The highest BCUT2D eigenvalue weighted by molar-refractivity contribution is 5.56. The topological polar surface area (TPSA) is 24.1 Å². The third-order valence-corrected chi connectivity index (χ3v) is 3.52. The fourth-order valence-corrected chi connectivity index (χ4v) is 2.37. The number of unbranched alkanes of at least 4 members (excludes halogenated alkanes) is 1. The van der Waals surface area contributed by atoms with E-state index in [0.717, 1.165) is 13.1 Å². The van der Waals surface area contributed by atoms with Crippen LogP contribution in [0.25, 0.3) is 0 Å². The van der Waals surface area contributed by atoms with Gasteiger partial charge in [-0.25, -0.2) is 0 Å². The molecule has 94 valence electrons. The van der Waals surface area contributed by atoms with E-state index in [1.54, 1.807) is 0 Å². The van der Waals surface area contributed by atoms with E-state index in [9.17, 15) is 0 Å². The molecule has 0 spiro atoms. The fraction of sp³-hybridized carbons (Fsp3) is 0.600. The molecular weight excluding hydrogens is 208 g/mol. The zero-order chi connectivity index (χ0) is 12.1. The summed E-state index contributed by atoms with van der Waals surface area (Å²) in [7, 11) is 0. The third-order valence-electron chi connectivity index (χ3n) is 3.52. The Morgan fingerprint density at radius 3 is 3.12 bits per heavy atom. The van der Waals surface area contributed by atoms with Crippen LogP contribution in [0, 0.1) is 0 Å². The zero-order valence-corrected chi connectivity index (χ0v) is 11.1. The van der Waals surface area contributed by atoms with Gasteiger partial charge in [0.1, 0.15) is 0 Å². The molecule has 0 saturated heterocycles. The van der Waals surface area contributed by atoms with Gasteiger partial charge >= 0.3 is 0 Å². The lowest BCUT2D eigenvalue weighted by molar-refractivity contribution is 0.495. The van der Waals surface area contributed by atoms with Gasteiger partial charge < -0.3 is 10.6 Å². The van der Waals surface area contributed by atoms with Crippen LogP contribution in [0.1, 0.15) is 44.2 Å². The molecule has 1 aromatic carbocycles. The number of fused-ring (bicyclic) bond motifs is 1. The van der Waals surface area contributed by atoms with Crippen LogP contribution >= 0.6 is 0 Å². The molecule has 1 aliphatic rings. The van der Waals surface area contributed by atoms with Crippen molar-refractivity contribution in [2.45, 2.75) is 52.1 Å². The number of benzene rings is 1. The van der Waals surface area contributed by atoms with E-state index >= 15 is 0 Å². The predicted octanol–water partition coefficient (Wildman–Crippen LogP) is 3.32. The highest BCUT2D eigenvalue weighted by Crippen LogP contribution is 2.22. The van der Waals surface area contributed by atoms with Gasteiger partial charge in [-0.3, -0.25) is 0 Å². The summed E-state index contributed by atoms with van der Waals surface area (Å²) in [5, 5.41) is 7.00. The first-order valence-corrected chi connectivity index (χ1v) is 6.88. The normalized spacial score (nSPS) is 15.4. The molecule has 0 aromatic heterocycles. The van der Waals surface area contributed by atoms with E-state index in [2.05, 4.69) is 42.7 Å². The van der Waals surface area contributed by atoms with Gasteiger partial charge in [-0.15, -0.1) is 0 Å². The van der Waals surface area contributed by atoms with Crippen molar-refractivity contribution >= 4 is 5.69 Å². The molecular formula is C15H24N2. The summed E-state index contributed by atoms with van der Waals surface area (Å²) in [6.45, 7) is 6.63. The molecule has 0 bridgehead atoms. The molecule has 0 amide bonds. The van der Waals surface area contributed by atoms with Crippen LogP contribution in [0.4, 0.5) is 5.69 Å². The van der Waals surface area contributed by atoms with Crippen LogP contribution in [0.3, 0.4) is 0 Å². The predicted molar refractivity (Wildman–Crippen MR) is 74.5 cm³/mol. The maximum absolute atomic E-state index is 3.60. The first-order chi connectivity index (χ1) is 8.29. The zero-order valence-electron chi connectivity index (χ0n) is 11.1. The summed E-state index contributed by atoms with van der Waals surface area (Å²) in [4.78, 5) is 0. The van der Waals surface area contributed by atoms with Crippen molar-refractivity contribution in [3.05, 3.63) is 29.3 Å². The molecule has 1 unspecified atom stereocenters. The monoisotopic (exact) mass is 232 g/mol. The Balaban J connectivity index is 1.83. The highest BCUT2D eigenvalue weighted by Gasteiger charge is 2.10.